The average Bonchev–Trinajstić information content (AvgIpc) is 1.48. The number of ether oxygens (including phenoxy) is 20. The summed E-state index contributed by atoms with van der Waals surface area (Å²) in [7, 11) is 9.00. The highest BCUT2D eigenvalue weighted by Crippen LogP contribution is 2.68. The third-order valence-corrected chi connectivity index (χ3v) is 23.8. The molecule has 0 aromatic rings. The van der Waals surface area contributed by atoms with Crippen LogP contribution in [0.3, 0.4) is 0 Å². The van der Waals surface area contributed by atoms with Crippen molar-refractivity contribution in [1.82, 2.24) is 0 Å². The van der Waals surface area contributed by atoms with Crippen LogP contribution in [0.4, 0.5) is 0 Å². The molecule has 0 spiro atoms. The molecule has 6 heterocycles. The first-order chi connectivity index (χ1) is 46.5. The van der Waals surface area contributed by atoms with E-state index in [2.05, 4.69) is 19.9 Å². The lowest BCUT2D eigenvalue weighted by molar-refractivity contribution is -0.356. The minimum absolute atomic E-state index is 0.00741. The number of carbonyl (C=O) groups excluding carboxylic acids is 3. The van der Waals surface area contributed by atoms with Gasteiger partial charge in [-0.3, -0.25) is 14.4 Å². The lowest BCUT2D eigenvalue weighted by Crippen LogP contribution is -2.62. The van der Waals surface area contributed by atoms with Crippen molar-refractivity contribution in [1.29, 1.82) is 0 Å². The molecular weight excluding hydrogens is 1280 g/mol. The predicted molar refractivity (Wildman–Crippen MR) is 344 cm³/mol. The van der Waals surface area contributed by atoms with Crippen molar-refractivity contribution in [2.24, 2.45) is 28.6 Å². The van der Waals surface area contributed by atoms with Crippen LogP contribution >= 0.6 is 0 Å². The molecule has 0 amide bonds. The van der Waals surface area contributed by atoms with Crippen LogP contribution in [0.15, 0.2) is 23.5 Å². The van der Waals surface area contributed by atoms with Gasteiger partial charge in [0, 0.05) is 73.6 Å². The Bertz CT molecular complexity index is 2710. The van der Waals surface area contributed by atoms with E-state index >= 15 is 0 Å². The maximum Gasteiger partial charge on any atom is 0.308 e. The quantitative estimate of drug-likeness (QED) is 0.0643. The Morgan fingerprint density at radius 3 is 1.77 bits per heavy atom. The van der Waals surface area contributed by atoms with Crippen molar-refractivity contribution in [3.05, 3.63) is 23.5 Å². The number of Topliss-reactive ketones (excluding diaryl/α,β-unsaturated/α-hetero) is 1. The summed E-state index contributed by atoms with van der Waals surface area (Å²) in [6.45, 7) is 20.1. The highest BCUT2D eigenvalue weighted by atomic mass is 16.8. The molecule has 34 atom stereocenters. The third-order valence-electron chi connectivity index (χ3n) is 23.8. The standard InChI is InChI=1S/C71H114O27/c1-33-26-48(79-12)59(77)67(85-33)93-43-20-23-69(10)42(27-43)18-19-44-45(69)21-24-70(11)46(44)22-25-71(70,78)40(8)91-54-28-47(74)61(36(4)86-54)94-53(75)29-49(80-13)60(34(2)72)95-55-30-50(81-14)62(37(5)87-55)96-56-31-51(82-15)63(38(6)88-56)97-57-32-52(83-16)64(39(7)89-57)98-68-66(92-41(9)73)65(84-17)58(76)35(3)90-68/h18,26,33-40,43-47,49-52,54-58,60-68,72,74,76,78H,19-25,27-32H2,1-17H3/t33-,34-,35-,36-,37-,38-,39-,40+,43+,44-,45+,46+,47-,49-,50+,51+,52+,54+,55+,56+,57+,58+,60-,61-,62-,63-,64-,65+,66-,67?,68+,69+,70+,71+/m1/s1. The zero-order chi connectivity index (χ0) is 71.0. The Kier molecular flexibility index (Phi) is 25.8. The number of aliphatic hydroxyl groups is 4. The molecule has 1 unspecified atom stereocenters. The summed E-state index contributed by atoms with van der Waals surface area (Å²) in [6, 6.07) is 0. The first-order valence-corrected chi connectivity index (χ1v) is 35.6. The first-order valence-electron chi connectivity index (χ1n) is 35.6. The van der Waals surface area contributed by atoms with Gasteiger partial charge in [-0.05, 0) is 136 Å². The van der Waals surface area contributed by atoms with Crippen LogP contribution in [0, 0.1) is 28.6 Å². The summed E-state index contributed by atoms with van der Waals surface area (Å²) in [5, 5.41) is 46.5. The number of carbonyl (C=O) groups is 3. The van der Waals surface area contributed by atoms with E-state index in [1.807, 2.05) is 34.6 Å². The molecule has 27 nitrogen and oxygen atoms in total. The summed E-state index contributed by atoms with van der Waals surface area (Å²) in [5.41, 5.74) is -0.233. The molecule has 6 aliphatic heterocycles. The Morgan fingerprint density at radius 2 is 1.20 bits per heavy atom. The normalized spacial score (nSPS) is 46.5. The number of hydrogen-bond donors (Lipinski definition) is 4. The maximum absolute atomic E-state index is 13.9. The van der Waals surface area contributed by atoms with E-state index in [-0.39, 0.29) is 67.2 Å². The average molecular weight is 1400 g/mol. The van der Waals surface area contributed by atoms with E-state index < -0.39 is 183 Å². The van der Waals surface area contributed by atoms with Gasteiger partial charge in [0.15, 0.2) is 49.4 Å². The minimum Gasteiger partial charge on any atom is -0.493 e. The monoisotopic (exact) mass is 1400 g/mol. The van der Waals surface area contributed by atoms with Crippen LogP contribution in [0.25, 0.3) is 0 Å². The molecule has 8 fully saturated rings. The number of hydrogen-bond acceptors (Lipinski definition) is 27. The third kappa shape index (κ3) is 16.1. The second-order valence-corrected chi connectivity index (χ2v) is 29.7. The van der Waals surface area contributed by atoms with E-state index in [0.29, 0.717) is 18.3 Å². The predicted octanol–water partition coefficient (Wildman–Crippen LogP) is 5.55. The molecule has 10 rings (SSSR count). The number of rotatable bonds is 25. The Morgan fingerprint density at radius 1 is 0.633 bits per heavy atom. The van der Waals surface area contributed by atoms with E-state index in [4.69, 9.17) is 94.7 Å². The molecule has 4 N–H and O–H groups in total. The van der Waals surface area contributed by atoms with Gasteiger partial charge in [0.05, 0.1) is 105 Å². The highest BCUT2D eigenvalue weighted by Gasteiger charge is 2.66. The maximum atomic E-state index is 13.9. The molecule has 10 aliphatic rings. The number of ketones is 1. The van der Waals surface area contributed by atoms with Crippen LogP contribution in [0.1, 0.15) is 160 Å². The Hall–Kier alpha value is -2.95. The van der Waals surface area contributed by atoms with Crippen molar-refractivity contribution in [3.8, 4) is 0 Å². The highest BCUT2D eigenvalue weighted by molar-refractivity contribution is 5.96. The molecule has 560 valence electrons. The fourth-order valence-corrected chi connectivity index (χ4v) is 18.3. The van der Waals surface area contributed by atoms with Gasteiger partial charge < -0.3 is 115 Å². The van der Waals surface area contributed by atoms with Gasteiger partial charge in [-0.15, -0.1) is 0 Å². The number of fused-ring (bicyclic) bond motifs is 5. The van der Waals surface area contributed by atoms with Crippen LogP contribution in [0.5, 0.6) is 0 Å². The SMILES string of the molecule is COC1=C[C@@H](C)OC(O[C@H]2CC[C@@]3(C)C(=CC[C@@H]4[C@@H]3CC[C@@]3(C)[C@H]4CC[C@]3(O)[C@H](C)O[C@H]3C[C@@H](O)[C@H](OC(=O)C[C@@H](OC)[C@H](O[C@H]4C[C@H](OC)[C@H](O[C@H]5C[C@H](OC)[C@H](O[C@H]6C[C@H](OC)[C@H](O[C@@H]7O[C@H](C)[C@H](O)[C@H](OC)[C@H]7OC(C)=O)[C@@H](C)O6)[C@@H](C)O5)[C@@H](C)O4)[C@@H](C)O)[C@@H](C)O3)C2)C1=O. The summed E-state index contributed by atoms with van der Waals surface area (Å²) in [6.07, 6.45) is -10.9. The first kappa shape index (κ1) is 77.7. The van der Waals surface area contributed by atoms with Crippen molar-refractivity contribution in [2.75, 3.05) is 42.7 Å². The Balaban J connectivity index is 0.676. The van der Waals surface area contributed by atoms with Crippen molar-refractivity contribution >= 4 is 17.7 Å². The summed E-state index contributed by atoms with van der Waals surface area (Å²) < 4.78 is 123. The topological polar surface area (TPSA) is 317 Å². The second-order valence-electron chi connectivity index (χ2n) is 29.7. The Labute approximate surface area is 577 Å². The van der Waals surface area contributed by atoms with Crippen LogP contribution in [-0.4, -0.2) is 258 Å². The molecular formula is C71H114O27. The number of methoxy groups -OCH3 is 6. The van der Waals surface area contributed by atoms with Gasteiger partial charge in [0.1, 0.15) is 36.6 Å². The van der Waals surface area contributed by atoms with Gasteiger partial charge in [-0.1, -0.05) is 25.5 Å². The van der Waals surface area contributed by atoms with Gasteiger partial charge in [-0.25, -0.2) is 0 Å². The largest absolute Gasteiger partial charge is 0.493 e. The molecule has 98 heavy (non-hydrogen) atoms. The number of aliphatic hydroxyl groups excluding tert-OH is 3. The van der Waals surface area contributed by atoms with Gasteiger partial charge in [0.25, 0.3) is 5.78 Å². The van der Waals surface area contributed by atoms with Crippen LogP contribution in [0.2, 0.25) is 0 Å². The molecule has 0 aromatic carbocycles. The molecule has 0 aromatic heterocycles. The molecule has 4 aliphatic carbocycles. The molecule has 27 heteroatoms. The smallest absolute Gasteiger partial charge is 0.308 e. The lowest BCUT2D eigenvalue weighted by Gasteiger charge is -2.59. The molecule has 3 saturated carbocycles. The van der Waals surface area contributed by atoms with E-state index in [9.17, 15) is 34.8 Å². The zero-order valence-corrected chi connectivity index (χ0v) is 60.4. The van der Waals surface area contributed by atoms with Crippen LogP contribution in [-0.2, 0) is 109 Å². The molecule has 0 radical (unpaired) electrons. The second kappa shape index (κ2) is 32.6. The molecule has 5 saturated heterocycles. The van der Waals surface area contributed by atoms with E-state index in [1.54, 1.807) is 41.3 Å². The molecule has 0 bridgehead atoms. The fourth-order valence-electron chi connectivity index (χ4n) is 18.3. The fraction of sp³-hybridized carbons (Fsp3) is 0.901. The minimum atomic E-state index is -1.17. The van der Waals surface area contributed by atoms with E-state index in [0.717, 1.165) is 44.9 Å². The lowest BCUT2D eigenvalue weighted by atomic mass is 9.46. The number of esters is 2. The number of allylic oxidation sites excluding steroid dienone is 1. The van der Waals surface area contributed by atoms with Crippen molar-refractivity contribution in [3.63, 3.8) is 0 Å². The summed E-state index contributed by atoms with van der Waals surface area (Å²) in [5.74, 6) is -0.239. The van der Waals surface area contributed by atoms with Gasteiger partial charge >= 0.3 is 11.9 Å². The zero-order valence-electron chi connectivity index (χ0n) is 60.4. The summed E-state index contributed by atoms with van der Waals surface area (Å²) >= 11 is 0. The van der Waals surface area contributed by atoms with Crippen LogP contribution < -0.4 is 0 Å². The van der Waals surface area contributed by atoms with Gasteiger partial charge in [-0.2, -0.15) is 0 Å². The van der Waals surface area contributed by atoms with Gasteiger partial charge in [0.2, 0.25) is 6.29 Å². The summed E-state index contributed by atoms with van der Waals surface area (Å²) in [4.78, 5) is 39.0. The van der Waals surface area contributed by atoms with Crippen molar-refractivity contribution in [2.45, 2.75) is 337 Å². The van der Waals surface area contributed by atoms with E-state index in [1.165, 1.54) is 40.7 Å². The van der Waals surface area contributed by atoms with Crippen molar-refractivity contribution < 1.29 is 130 Å².